The zero-order chi connectivity index (χ0) is 18.1. The largest absolute Gasteiger partial charge is 0.507 e. The summed E-state index contributed by atoms with van der Waals surface area (Å²) in [6, 6.07) is 19.9. The fraction of sp³-hybridized carbons (Fsp3) is 0. The molecule has 0 saturated heterocycles. The van der Waals surface area contributed by atoms with E-state index in [2.05, 4.69) is 20.9 Å². The van der Waals surface area contributed by atoms with Gasteiger partial charge in [-0.1, -0.05) is 30.3 Å². The number of hydrogen-bond acceptors (Lipinski definition) is 3. The van der Waals surface area contributed by atoms with Crippen molar-refractivity contribution in [2.45, 2.75) is 0 Å². The van der Waals surface area contributed by atoms with Crippen LogP contribution in [0.15, 0.2) is 60.7 Å². The predicted molar refractivity (Wildman–Crippen MR) is 99.6 cm³/mol. The van der Waals surface area contributed by atoms with Crippen molar-refractivity contribution in [2.75, 3.05) is 0 Å². The molecule has 4 aromatic rings. The first kappa shape index (κ1) is 15.4. The molecule has 0 radical (unpaired) electrons. The number of phenols is 1. The van der Waals surface area contributed by atoms with Crippen molar-refractivity contribution >= 4 is 16.7 Å². The Morgan fingerprint density at radius 2 is 1.77 bits per heavy atom. The minimum atomic E-state index is 0.117. The number of benzene rings is 3. The highest BCUT2D eigenvalue weighted by Gasteiger charge is 2.12. The Labute approximate surface area is 149 Å². The molecule has 0 amide bonds. The Morgan fingerprint density at radius 1 is 1.00 bits per heavy atom. The lowest BCUT2D eigenvalue weighted by Gasteiger charge is -2.06. The number of phenolic OH excluding ortho intramolecular Hbond substituents is 1. The molecule has 122 valence electrons. The average molecular weight is 336 g/mol. The van der Waals surface area contributed by atoms with E-state index in [0.717, 1.165) is 22.2 Å². The summed E-state index contributed by atoms with van der Waals surface area (Å²) in [6.07, 6.45) is 0. The van der Waals surface area contributed by atoms with Crippen LogP contribution >= 0.6 is 0 Å². The summed E-state index contributed by atoms with van der Waals surface area (Å²) in [5, 5.41) is 19.3. The summed E-state index contributed by atoms with van der Waals surface area (Å²) >= 11 is 0. The zero-order valence-corrected chi connectivity index (χ0v) is 13.6. The molecule has 0 atom stereocenters. The van der Waals surface area contributed by atoms with Gasteiger partial charge in [-0.25, -0.2) is 9.83 Å². The number of nitrogens with one attached hydrogen (secondary N) is 1. The van der Waals surface area contributed by atoms with Gasteiger partial charge in [0.25, 0.3) is 0 Å². The van der Waals surface area contributed by atoms with Crippen molar-refractivity contribution in [2.24, 2.45) is 0 Å². The molecule has 0 aliphatic rings. The number of nitriles is 1. The third-order valence-corrected chi connectivity index (χ3v) is 4.19. The normalized spacial score (nSPS) is 10.4. The van der Waals surface area contributed by atoms with Crippen molar-refractivity contribution < 1.29 is 5.11 Å². The molecule has 1 aromatic heterocycles. The van der Waals surface area contributed by atoms with Crippen LogP contribution in [0.4, 0.5) is 5.69 Å². The van der Waals surface area contributed by atoms with Gasteiger partial charge in [0.2, 0.25) is 0 Å². The van der Waals surface area contributed by atoms with Crippen LogP contribution in [0.3, 0.4) is 0 Å². The molecule has 0 aliphatic heterocycles. The summed E-state index contributed by atoms with van der Waals surface area (Å²) < 4.78 is 0. The molecule has 0 fully saturated rings. The number of aromatic hydroxyl groups is 1. The maximum Gasteiger partial charge on any atom is 0.187 e. The summed E-state index contributed by atoms with van der Waals surface area (Å²) in [5.41, 5.74) is 5.03. The van der Waals surface area contributed by atoms with Gasteiger partial charge < -0.3 is 10.1 Å². The Kier molecular flexibility index (Phi) is 3.61. The number of rotatable bonds is 2. The van der Waals surface area contributed by atoms with E-state index >= 15 is 0 Å². The van der Waals surface area contributed by atoms with E-state index in [4.69, 9.17) is 11.8 Å². The van der Waals surface area contributed by atoms with Gasteiger partial charge in [0.05, 0.1) is 34.8 Å². The Morgan fingerprint density at radius 3 is 2.50 bits per heavy atom. The van der Waals surface area contributed by atoms with Crippen molar-refractivity contribution in [3.8, 4) is 34.3 Å². The highest BCUT2D eigenvalue weighted by Crippen LogP contribution is 2.33. The van der Waals surface area contributed by atoms with Crippen molar-refractivity contribution in [1.29, 1.82) is 5.26 Å². The maximum atomic E-state index is 10.3. The van der Waals surface area contributed by atoms with Crippen molar-refractivity contribution in [3.63, 3.8) is 0 Å². The highest BCUT2D eigenvalue weighted by molar-refractivity contribution is 5.83. The van der Waals surface area contributed by atoms with Gasteiger partial charge >= 0.3 is 0 Å². The van der Waals surface area contributed by atoms with Crippen LogP contribution in [0.2, 0.25) is 0 Å². The molecule has 0 saturated carbocycles. The molecule has 5 heteroatoms. The predicted octanol–water partition coefficient (Wildman–Crippen LogP) is 5.02. The number of fused-ring (bicyclic) bond motifs is 1. The second-order valence-corrected chi connectivity index (χ2v) is 5.82. The number of aromatic amines is 1. The van der Waals surface area contributed by atoms with Crippen molar-refractivity contribution in [1.82, 2.24) is 9.97 Å². The van der Waals surface area contributed by atoms with Crippen LogP contribution in [0.5, 0.6) is 5.75 Å². The zero-order valence-electron chi connectivity index (χ0n) is 13.6. The molecule has 2 N–H and O–H groups in total. The smallest absolute Gasteiger partial charge is 0.187 e. The lowest BCUT2D eigenvalue weighted by atomic mass is 10.0. The van der Waals surface area contributed by atoms with Gasteiger partial charge in [-0.15, -0.1) is 0 Å². The third kappa shape index (κ3) is 2.64. The van der Waals surface area contributed by atoms with Gasteiger partial charge in [0, 0.05) is 0 Å². The molecule has 4 rings (SSSR count). The van der Waals surface area contributed by atoms with Crippen molar-refractivity contribution in [3.05, 3.63) is 77.6 Å². The molecule has 0 unspecified atom stereocenters. The van der Waals surface area contributed by atoms with Crippen LogP contribution in [-0.2, 0) is 0 Å². The van der Waals surface area contributed by atoms with Gasteiger partial charge in [-0.2, -0.15) is 5.26 Å². The molecular weight excluding hydrogens is 324 g/mol. The summed E-state index contributed by atoms with van der Waals surface area (Å²) in [7, 11) is 0. The SMILES string of the molecule is [C-]#[N+]c1ccc(-c2ccc(O)c(-c3nc4ccc(C#N)cc4[nH]3)c2)cc1. The van der Waals surface area contributed by atoms with Gasteiger partial charge in [-0.3, -0.25) is 0 Å². The maximum absolute atomic E-state index is 10.3. The number of hydrogen-bond donors (Lipinski definition) is 2. The first-order valence-corrected chi connectivity index (χ1v) is 7.89. The number of nitrogens with zero attached hydrogens (tertiary/aromatic N) is 3. The van der Waals surface area contributed by atoms with E-state index in [-0.39, 0.29) is 5.75 Å². The highest BCUT2D eigenvalue weighted by atomic mass is 16.3. The summed E-state index contributed by atoms with van der Waals surface area (Å²) in [4.78, 5) is 11.1. The van der Waals surface area contributed by atoms with E-state index in [1.165, 1.54) is 0 Å². The molecule has 5 nitrogen and oxygen atoms in total. The molecule has 0 spiro atoms. The molecular formula is C21H12N4O. The second-order valence-electron chi connectivity index (χ2n) is 5.82. The monoisotopic (exact) mass is 336 g/mol. The van der Waals surface area contributed by atoms with Gasteiger partial charge in [0.1, 0.15) is 11.6 Å². The van der Waals surface area contributed by atoms with Crippen LogP contribution in [0.25, 0.3) is 38.4 Å². The molecule has 0 aliphatic carbocycles. The Bertz CT molecular complexity index is 1210. The van der Waals surface area contributed by atoms with Gasteiger partial charge in [-0.05, 0) is 41.5 Å². The summed E-state index contributed by atoms with van der Waals surface area (Å²) in [5.74, 6) is 0.651. The summed E-state index contributed by atoms with van der Waals surface area (Å²) in [6.45, 7) is 7.03. The van der Waals surface area contributed by atoms with E-state index in [1.807, 2.05) is 24.3 Å². The first-order valence-electron chi connectivity index (χ1n) is 7.89. The lowest BCUT2D eigenvalue weighted by molar-refractivity contribution is 0.477. The third-order valence-electron chi connectivity index (χ3n) is 4.19. The minimum absolute atomic E-state index is 0.117. The van der Waals surface area contributed by atoms with Crippen LogP contribution in [0, 0.1) is 17.9 Å². The molecule has 1 heterocycles. The number of aromatic nitrogens is 2. The molecule has 3 aromatic carbocycles. The quantitative estimate of drug-likeness (QED) is 0.504. The van der Waals surface area contributed by atoms with E-state index in [0.29, 0.717) is 22.6 Å². The number of imidazole rings is 1. The van der Waals surface area contributed by atoms with E-state index in [1.54, 1.807) is 36.4 Å². The fourth-order valence-electron chi connectivity index (χ4n) is 2.84. The minimum Gasteiger partial charge on any atom is -0.507 e. The van der Waals surface area contributed by atoms with Crippen LogP contribution in [0.1, 0.15) is 5.56 Å². The first-order chi connectivity index (χ1) is 12.7. The van der Waals surface area contributed by atoms with E-state index < -0.39 is 0 Å². The number of H-pyrrole nitrogens is 1. The second kappa shape index (κ2) is 6.08. The molecule has 26 heavy (non-hydrogen) atoms. The van der Waals surface area contributed by atoms with Crippen LogP contribution < -0.4 is 0 Å². The van der Waals surface area contributed by atoms with E-state index in [9.17, 15) is 5.11 Å². The standard InChI is InChI=1S/C21H12N4O/c1-23-16-6-3-14(4-7-16)15-5-9-20(26)17(11-15)21-24-18-8-2-13(12-22)10-19(18)25-21/h2-11,26H,(H,24,25). The topological polar surface area (TPSA) is 77.1 Å². The Hall–Kier alpha value is -4.09. The fourth-order valence-corrected chi connectivity index (χ4v) is 2.84. The van der Waals surface area contributed by atoms with Gasteiger partial charge in [0.15, 0.2) is 5.69 Å². The lowest BCUT2D eigenvalue weighted by Crippen LogP contribution is -1.84. The van der Waals surface area contributed by atoms with Crippen LogP contribution in [-0.4, -0.2) is 15.1 Å². The average Bonchev–Trinajstić information content (AvgIpc) is 3.11. The Balaban J connectivity index is 1.81. The molecule has 0 bridgehead atoms.